The molecule has 1 heterocycles. The average molecular weight is 283 g/mol. The number of hydrogen-bond acceptors (Lipinski definition) is 3. The first-order chi connectivity index (χ1) is 9.58. The summed E-state index contributed by atoms with van der Waals surface area (Å²) in [5.74, 6) is 0.970. The summed E-state index contributed by atoms with van der Waals surface area (Å²) in [5, 5.41) is 0. The van der Waals surface area contributed by atoms with Crippen molar-refractivity contribution in [3.63, 3.8) is 0 Å². The molecule has 0 saturated carbocycles. The molecule has 2 N–H and O–H groups in total. The third kappa shape index (κ3) is 5.80. The van der Waals surface area contributed by atoms with Crippen LogP contribution >= 0.6 is 0 Å². The van der Waals surface area contributed by atoms with E-state index < -0.39 is 0 Å². The summed E-state index contributed by atoms with van der Waals surface area (Å²) in [5.41, 5.74) is 5.66. The van der Waals surface area contributed by atoms with E-state index in [4.69, 9.17) is 5.73 Å². The van der Waals surface area contributed by atoms with Crippen molar-refractivity contribution >= 4 is 5.91 Å². The number of piperidine rings is 1. The fourth-order valence-corrected chi connectivity index (χ4v) is 3.17. The van der Waals surface area contributed by atoms with E-state index in [1.54, 1.807) is 0 Å². The minimum atomic E-state index is 0.342. The molecule has 1 fully saturated rings. The van der Waals surface area contributed by atoms with Crippen LogP contribution in [0.1, 0.15) is 51.9 Å². The molecule has 2 unspecified atom stereocenters. The smallest absolute Gasteiger partial charge is 0.222 e. The van der Waals surface area contributed by atoms with Gasteiger partial charge in [0, 0.05) is 25.6 Å². The molecule has 1 amide bonds. The molecular formula is C16H33N3O. The van der Waals surface area contributed by atoms with Gasteiger partial charge in [0.2, 0.25) is 5.91 Å². The second-order valence-electron chi connectivity index (χ2n) is 6.37. The Bertz CT molecular complexity index is 275. The predicted octanol–water partition coefficient (Wildman–Crippen LogP) is 2.08. The van der Waals surface area contributed by atoms with Gasteiger partial charge in [-0.3, -0.25) is 4.79 Å². The monoisotopic (exact) mass is 283 g/mol. The second kappa shape index (κ2) is 9.35. The molecule has 0 aromatic carbocycles. The lowest BCUT2D eigenvalue weighted by molar-refractivity contribution is -0.133. The first kappa shape index (κ1) is 17.4. The maximum atomic E-state index is 12.4. The van der Waals surface area contributed by atoms with Crippen molar-refractivity contribution in [3.05, 3.63) is 0 Å². The highest BCUT2D eigenvalue weighted by atomic mass is 16.2. The highest BCUT2D eigenvalue weighted by Gasteiger charge is 2.24. The van der Waals surface area contributed by atoms with Crippen LogP contribution in [0.3, 0.4) is 0 Å². The van der Waals surface area contributed by atoms with Crippen molar-refractivity contribution in [1.82, 2.24) is 9.80 Å². The van der Waals surface area contributed by atoms with E-state index in [2.05, 4.69) is 30.8 Å². The summed E-state index contributed by atoms with van der Waals surface area (Å²) in [7, 11) is 4.22. The molecule has 118 valence electrons. The minimum Gasteiger partial charge on any atom is -0.341 e. The third-order valence-electron chi connectivity index (χ3n) is 4.52. The Labute approximate surface area is 124 Å². The number of carbonyl (C=O) groups excluding carboxylic acids is 1. The number of nitrogens with two attached hydrogens (primary N) is 1. The van der Waals surface area contributed by atoms with Crippen LogP contribution in [0, 0.1) is 5.92 Å². The topological polar surface area (TPSA) is 49.6 Å². The van der Waals surface area contributed by atoms with Crippen LogP contribution in [0.15, 0.2) is 0 Å². The average Bonchev–Trinajstić information content (AvgIpc) is 2.45. The fraction of sp³-hybridized carbons (Fsp3) is 0.938. The van der Waals surface area contributed by atoms with Crippen LogP contribution < -0.4 is 5.73 Å². The summed E-state index contributed by atoms with van der Waals surface area (Å²) < 4.78 is 0. The van der Waals surface area contributed by atoms with Crippen LogP contribution in [0.2, 0.25) is 0 Å². The maximum absolute atomic E-state index is 12.4. The Morgan fingerprint density at radius 2 is 2.10 bits per heavy atom. The molecule has 1 rings (SSSR count). The van der Waals surface area contributed by atoms with E-state index in [1.807, 2.05) is 0 Å². The molecule has 2 atom stereocenters. The van der Waals surface area contributed by atoms with Crippen molar-refractivity contribution in [3.8, 4) is 0 Å². The molecule has 0 bridgehead atoms. The van der Waals surface area contributed by atoms with Crippen molar-refractivity contribution in [2.24, 2.45) is 11.7 Å². The summed E-state index contributed by atoms with van der Waals surface area (Å²) in [4.78, 5) is 16.7. The standard InChI is InChI=1S/C16H33N3O/c1-4-6-14(10-11-17)8-9-16(20)19-12-5-7-15(13-19)18(2)3/h14-15H,4-13,17H2,1-3H3. The summed E-state index contributed by atoms with van der Waals surface area (Å²) in [6, 6.07) is 0.531. The van der Waals surface area contributed by atoms with Crippen LogP contribution in [-0.4, -0.2) is 55.5 Å². The fourth-order valence-electron chi connectivity index (χ4n) is 3.17. The quantitative estimate of drug-likeness (QED) is 0.742. The normalized spacial score (nSPS) is 21.2. The molecule has 1 aliphatic heterocycles. The first-order valence-corrected chi connectivity index (χ1v) is 8.22. The highest BCUT2D eigenvalue weighted by molar-refractivity contribution is 5.76. The highest BCUT2D eigenvalue weighted by Crippen LogP contribution is 2.20. The van der Waals surface area contributed by atoms with Crippen molar-refractivity contribution in [1.29, 1.82) is 0 Å². The molecule has 0 aromatic heterocycles. The Morgan fingerprint density at radius 1 is 1.35 bits per heavy atom. The Morgan fingerprint density at radius 3 is 2.70 bits per heavy atom. The van der Waals surface area contributed by atoms with Gasteiger partial charge in [0.05, 0.1) is 0 Å². The van der Waals surface area contributed by atoms with Gasteiger partial charge in [-0.15, -0.1) is 0 Å². The third-order valence-corrected chi connectivity index (χ3v) is 4.52. The van der Waals surface area contributed by atoms with E-state index in [0.29, 0.717) is 24.3 Å². The summed E-state index contributed by atoms with van der Waals surface area (Å²) in [6.07, 6.45) is 7.49. The Kier molecular flexibility index (Phi) is 8.15. The van der Waals surface area contributed by atoms with E-state index in [-0.39, 0.29) is 0 Å². The minimum absolute atomic E-state index is 0.342. The zero-order chi connectivity index (χ0) is 15.0. The van der Waals surface area contributed by atoms with Crippen LogP contribution in [0.5, 0.6) is 0 Å². The molecule has 1 saturated heterocycles. The molecule has 4 heteroatoms. The molecule has 20 heavy (non-hydrogen) atoms. The van der Waals surface area contributed by atoms with E-state index in [0.717, 1.165) is 38.9 Å². The zero-order valence-corrected chi connectivity index (χ0v) is 13.6. The molecule has 0 spiro atoms. The van der Waals surface area contributed by atoms with E-state index in [1.165, 1.54) is 19.3 Å². The predicted molar refractivity (Wildman–Crippen MR) is 84.6 cm³/mol. The summed E-state index contributed by atoms with van der Waals surface area (Å²) in [6.45, 7) is 4.79. The number of rotatable bonds is 8. The molecule has 4 nitrogen and oxygen atoms in total. The van der Waals surface area contributed by atoms with Gasteiger partial charge in [-0.1, -0.05) is 19.8 Å². The van der Waals surface area contributed by atoms with Gasteiger partial charge in [0.25, 0.3) is 0 Å². The first-order valence-electron chi connectivity index (χ1n) is 8.22. The number of hydrogen-bond donors (Lipinski definition) is 1. The lowest BCUT2D eigenvalue weighted by Crippen LogP contribution is -2.47. The maximum Gasteiger partial charge on any atom is 0.222 e. The van der Waals surface area contributed by atoms with Crippen molar-refractivity contribution in [2.75, 3.05) is 33.7 Å². The molecule has 0 aliphatic carbocycles. The summed E-state index contributed by atoms with van der Waals surface area (Å²) >= 11 is 0. The Hall–Kier alpha value is -0.610. The number of likely N-dealkylation sites (tertiary alicyclic amines) is 1. The van der Waals surface area contributed by atoms with Crippen LogP contribution in [0.4, 0.5) is 0 Å². The number of amides is 1. The van der Waals surface area contributed by atoms with Crippen molar-refractivity contribution < 1.29 is 4.79 Å². The van der Waals surface area contributed by atoms with Crippen LogP contribution in [0.25, 0.3) is 0 Å². The van der Waals surface area contributed by atoms with Crippen molar-refractivity contribution in [2.45, 2.75) is 57.9 Å². The molecule has 1 aliphatic rings. The van der Waals surface area contributed by atoms with Gasteiger partial charge in [-0.25, -0.2) is 0 Å². The lowest BCUT2D eigenvalue weighted by atomic mass is 9.94. The van der Waals surface area contributed by atoms with Gasteiger partial charge in [-0.05, 0) is 52.2 Å². The van der Waals surface area contributed by atoms with Gasteiger partial charge >= 0.3 is 0 Å². The largest absolute Gasteiger partial charge is 0.341 e. The van der Waals surface area contributed by atoms with E-state index in [9.17, 15) is 4.79 Å². The van der Waals surface area contributed by atoms with Crippen LogP contribution in [-0.2, 0) is 4.79 Å². The van der Waals surface area contributed by atoms with Gasteiger partial charge in [0.1, 0.15) is 0 Å². The molecular weight excluding hydrogens is 250 g/mol. The number of carbonyl (C=O) groups is 1. The van der Waals surface area contributed by atoms with E-state index >= 15 is 0 Å². The van der Waals surface area contributed by atoms with Gasteiger partial charge in [0.15, 0.2) is 0 Å². The molecule has 0 radical (unpaired) electrons. The molecule has 0 aromatic rings. The lowest BCUT2D eigenvalue weighted by Gasteiger charge is -2.36. The Balaban J connectivity index is 2.37. The number of likely N-dealkylation sites (N-methyl/N-ethyl adjacent to an activating group) is 1. The number of nitrogens with zero attached hydrogens (tertiary/aromatic N) is 2. The second-order valence-corrected chi connectivity index (χ2v) is 6.37. The zero-order valence-electron chi connectivity index (χ0n) is 13.6. The van der Waals surface area contributed by atoms with Gasteiger partial charge in [-0.2, -0.15) is 0 Å². The SMILES string of the molecule is CCCC(CCN)CCC(=O)N1CCCC(N(C)C)C1. The van der Waals surface area contributed by atoms with Gasteiger partial charge < -0.3 is 15.5 Å².